The maximum atomic E-state index is 13.2. The number of benzene rings is 2. The normalized spacial score (nSPS) is 16.1. The second-order valence-corrected chi connectivity index (χ2v) is 6.58. The predicted molar refractivity (Wildman–Crippen MR) is 92.8 cm³/mol. The van der Waals surface area contributed by atoms with Gasteiger partial charge in [-0.05, 0) is 68.1 Å². The molecule has 1 heterocycles. The van der Waals surface area contributed by atoms with Gasteiger partial charge < -0.3 is 9.84 Å². The van der Waals surface area contributed by atoms with Gasteiger partial charge in [-0.25, -0.2) is 8.78 Å². The summed E-state index contributed by atoms with van der Waals surface area (Å²) >= 11 is 0. The molecular weight excluding hydrogens is 324 g/mol. The van der Waals surface area contributed by atoms with Crippen LogP contribution in [0.4, 0.5) is 8.78 Å². The van der Waals surface area contributed by atoms with E-state index in [9.17, 15) is 8.78 Å². The van der Waals surface area contributed by atoms with Crippen LogP contribution in [0, 0.1) is 17.6 Å². The van der Waals surface area contributed by atoms with Crippen molar-refractivity contribution in [1.82, 2.24) is 4.90 Å². The fourth-order valence-electron chi connectivity index (χ4n) is 3.24. The summed E-state index contributed by atoms with van der Waals surface area (Å²) in [5, 5.41) is 9.16. The molecule has 3 nitrogen and oxygen atoms in total. The molecule has 0 atom stereocenters. The van der Waals surface area contributed by atoms with Gasteiger partial charge in [-0.3, -0.25) is 4.90 Å². The number of piperidine rings is 1. The molecule has 0 radical (unpaired) electrons. The van der Waals surface area contributed by atoms with E-state index in [0.29, 0.717) is 18.3 Å². The number of ether oxygens (including phenoxy) is 1. The Morgan fingerprint density at radius 3 is 2.44 bits per heavy atom. The van der Waals surface area contributed by atoms with Gasteiger partial charge in [-0.2, -0.15) is 0 Å². The van der Waals surface area contributed by atoms with Crippen LogP contribution in [0.5, 0.6) is 11.5 Å². The molecule has 1 saturated heterocycles. The summed E-state index contributed by atoms with van der Waals surface area (Å²) in [6, 6.07) is 10.8. The molecular formula is C20H23F2NO2. The first kappa shape index (κ1) is 17.7. The van der Waals surface area contributed by atoms with Crippen LogP contribution >= 0.6 is 0 Å². The number of halogens is 2. The summed E-state index contributed by atoms with van der Waals surface area (Å²) in [6.07, 6.45) is 3.23. The molecule has 0 aromatic heterocycles. The molecule has 2 aromatic carbocycles. The lowest BCUT2D eigenvalue weighted by Gasteiger charge is -2.31. The monoisotopic (exact) mass is 347 g/mol. The quantitative estimate of drug-likeness (QED) is 0.857. The lowest BCUT2D eigenvalue weighted by molar-refractivity contribution is 0.154. The number of rotatable bonds is 6. The molecule has 0 saturated carbocycles. The lowest BCUT2D eigenvalue weighted by Crippen LogP contribution is -2.37. The summed E-state index contributed by atoms with van der Waals surface area (Å²) in [5.74, 6) is -0.155. The number of aromatic hydroxyl groups is 1. The van der Waals surface area contributed by atoms with Crippen LogP contribution in [0.15, 0.2) is 42.5 Å². The third kappa shape index (κ3) is 5.16. The van der Waals surface area contributed by atoms with Crippen LogP contribution in [-0.4, -0.2) is 36.2 Å². The van der Waals surface area contributed by atoms with Crippen LogP contribution < -0.4 is 4.74 Å². The van der Waals surface area contributed by atoms with E-state index in [1.807, 2.05) is 12.1 Å². The topological polar surface area (TPSA) is 32.7 Å². The zero-order chi connectivity index (χ0) is 17.6. The van der Waals surface area contributed by atoms with Gasteiger partial charge in [-0.15, -0.1) is 0 Å². The van der Waals surface area contributed by atoms with E-state index in [-0.39, 0.29) is 11.6 Å². The van der Waals surface area contributed by atoms with Crippen molar-refractivity contribution in [2.75, 3.05) is 26.2 Å². The molecule has 0 amide bonds. The average molecular weight is 347 g/mol. The summed E-state index contributed by atoms with van der Waals surface area (Å²) < 4.78 is 31.7. The van der Waals surface area contributed by atoms with Crippen LogP contribution in [0.1, 0.15) is 18.4 Å². The van der Waals surface area contributed by atoms with E-state index in [0.717, 1.165) is 38.9 Å². The Morgan fingerprint density at radius 2 is 1.76 bits per heavy atom. The Labute approximate surface area is 146 Å². The Balaban J connectivity index is 1.37. The maximum Gasteiger partial charge on any atom is 0.168 e. The summed E-state index contributed by atoms with van der Waals surface area (Å²) in [5.41, 5.74) is 1.19. The number of phenols is 1. The van der Waals surface area contributed by atoms with E-state index >= 15 is 0 Å². The zero-order valence-corrected chi connectivity index (χ0v) is 14.1. The minimum Gasteiger partial charge on any atom is -0.505 e. The first-order chi connectivity index (χ1) is 12.1. The molecule has 3 rings (SSSR count). The van der Waals surface area contributed by atoms with E-state index in [1.54, 1.807) is 6.07 Å². The first-order valence-corrected chi connectivity index (χ1v) is 8.68. The zero-order valence-electron chi connectivity index (χ0n) is 14.1. The average Bonchev–Trinajstić information content (AvgIpc) is 2.61. The van der Waals surface area contributed by atoms with Crippen molar-refractivity contribution in [3.05, 3.63) is 59.7 Å². The number of hydrogen-bond donors (Lipinski definition) is 1. The molecule has 2 aromatic rings. The van der Waals surface area contributed by atoms with E-state index in [1.165, 1.54) is 29.8 Å². The third-order valence-corrected chi connectivity index (χ3v) is 4.74. The van der Waals surface area contributed by atoms with Gasteiger partial charge in [0.15, 0.2) is 11.6 Å². The molecule has 5 heteroatoms. The standard InChI is InChI=1S/C20H23F2NO2/c21-17-3-1-15(2-4-17)13-16-7-9-23(10-8-16)11-12-25-18-5-6-20(24)19(22)14-18/h1-6,14,16,24H,7-13H2. The van der Waals surface area contributed by atoms with Crippen molar-refractivity contribution in [2.24, 2.45) is 5.92 Å². The molecule has 1 aliphatic heterocycles. The molecule has 0 aliphatic carbocycles. The number of likely N-dealkylation sites (tertiary alicyclic amines) is 1. The van der Waals surface area contributed by atoms with Crippen molar-refractivity contribution in [3.8, 4) is 11.5 Å². The van der Waals surface area contributed by atoms with Crippen LogP contribution in [-0.2, 0) is 6.42 Å². The largest absolute Gasteiger partial charge is 0.505 e. The molecule has 0 bridgehead atoms. The summed E-state index contributed by atoms with van der Waals surface area (Å²) in [4.78, 5) is 2.35. The third-order valence-electron chi connectivity index (χ3n) is 4.74. The van der Waals surface area contributed by atoms with Gasteiger partial charge in [0.25, 0.3) is 0 Å². The van der Waals surface area contributed by atoms with Crippen LogP contribution in [0.25, 0.3) is 0 Å². The van der Waals surface area contributed by atoms with Gasteiger partial charge >= 0.3 is 0 Å². The second-order valence-electron chi connectivity index (χ2n) is 6.58. The molecule has 25 heavy (non-hydrogen) atoms. The van der Waals surface area contributed by atoms with Gasteiger partial charge in [0, 0.05) is 12.6 Å². The highest BCUT2D eigenvalue weighted by Gasteiger charge is 2.19. The van der Waals surface area contributed by atoms with Crippen LogP contribution in [0.3, 0.4) is 0 Å². The first-order valence-electron chi connectivity index (χ1n) is 8.68. The van der Waals surface area contributed by atoms with Gasteiger partial charge in [0.1, 0.15) is 18.2 Å². The van der Waals surface area contributed by atoms with E-state index < -0.39 is 5.82 Å². The van der Waals surface area contributed by atoms with E-state index in [2.05, 4.69) is 4.90 Å². The lowest BCUT2D eigenvalue weighted by atomic mass is 9.90. The molecule has 0 spiro atoms. The molecule has 1 aliphatic rings. The fraction of sp³-hybridized carbons (Fsp3) is 0.400. The highest BCUT2D eigenvalue weighted by Crippen LogP contribution is 2.23. The number of hydrogen-bond acceptors (Lipinski definition) is 3. The number of nitrogens with zero attached hydrogens (tertiary/aromatic N) is 1. The van der Waals surface area contributed by atoms with Crippen molar-refractivity contribution in [2.45, 2.75) is 19.3 Å². The second kappa shape index (κ2) is 8.30. The predicted octanol–water partition coefficient (Wildman–Crippen LogP) is 4.00. The summed E-state index contributed by atoms with van der Waals surface area (Å²) in [6.45, 7) is 3.32. The fourth-order valence-corrected chi connectivity index (χ4v) is 3.24. The van der Waals surface area contributed by atoms with E-state index in [4.69, 9.17) is 9.84 Å². The van der Waals surface area contributed by atoms with Gasteiger partial charge in [0.2, 0.25) is 0 Å². The van der Waals surface area contributed by atoms with Crippen molar-refractivity contribution < 1.29 is 18.6 Å². The Morgan fingerprint density at radius 1 is 1.04 bits per heavy atom. The van der Waals surface area contributed by atoms with Crippen molar-refractivity contribution in [3.63, 3.8) is 0 Å². The highest BCUT2D eigenvalue weighted by atomic mass is 19.1. The minimum absolute atomic E-state index is 0.188. The summed E-state index contributed by atoms with van der Waals surface area (Å²) in [7, 11) is 0. The highest BCUT2D eigenvalue weighted by molar-refractivity contribution is 5.31. The van der Waals surface area contributed by atoms with Gasteiger partial charge in [0.05, 0.1) is 0 Å². The molecule has 1 N–H and O–H groups in total. The van der Waals surface area contributed by atoms with Crippen molar-refractivity contribution >= 4 is 0 Å². The minimum atomic E-state index is -0.667. The van der Waals surface area contributed by atoms with Crippen LogP contribution in [0.2, 0.25) is 0 Å². The maximum absolute atomic E-state index is 13.2. The smallest absolute Gasteiger partial charge is 0.168 e. The number of phenolic OH excluding ortho intramolecular Hbond substituents is 1. The molecule has 1 fully saturated rings. The Bertz CT molecular complexity index is 683. The molecule has 134 valence electrons. The SMILES string of the molecule is Oc1ccc(OCCN2CCC(Cc3ccc(F)cc3)CC2)cc1F. The van der Waals surface area contributed by atoms with Gasteiger partial charge in [-0.1, -0.05) is 12.1 Å². The van der Waals surface area contributed by atoms with Crippen molar-refractivity contribution in [1.29, 1.82) is 0 Å². The Kier molecular flexibility index (Phi) is 5.87. The molecule has 0 unspecified atom stereocenters. The Hall–Kier alpha value is -2.14.